The van der Waals surface area contributed by atoms with Gasteiger partial charge in [-0.1, -0.05) is 34.6 Å². The first-order chi connectivity index (χ1) is 21.9. The minimum atomic E-state index is -0.496. The van der Waals surface area contributed by atoms with Crippen LogP contribution in [0.5, 0.6) is 0 Å². The summed E-state index contributed by atoms with van der Waals surface area (Å²) in [6.07, 6.45) is 7.89. The molecular formula is C32H38Br3F3N8O. The Morgan fingerprint density at radius 1 is 0.809 bits per heavy atom. The first kappa shape index (κ1) is 38.3. The van der Waals surface area contributed by atoms with Gasteiger partial charge in [0.05, 0.1) is 11.4 Å². The molecule has 4 N–H and O–H groups in total. The van der Waals surface area contributed by atoms with Crippen LogP contribution in [0.4, 0.5) is 30.6 Å². The summed E-state index contributed by atoms with van der Waals surface area (Å²) >= 11 is 9.59. The van der Waals surface area contributed by atoms with E-state index in [9.17, 15) is 18.0 Å². The number of nitrogens with two attached hydrogens (primary N) is 1. The van der Waals surface area contributed by atoms with Crippen molar-refractivity contribution in [3.63, 3.8) is 0 Å². The fraction of sp³-hybridized carbons (Fsp3) is 0.375. The van der Waals surface area contributed by atoms with E-state index in [-0.39, 0.29) is 28.2 Å². The molecule has 0 aliphatic rings. The molecule has 0 radical (unpaired) electrons. The highest BCUT2D eigenvalue weighted by Gasteiger charge is 2.28. The van der Waals surface area contributed by atoms with Crippen LogP contribution in [-0.4, -0.2) is 35.7 Å². The van der Waals surface area contributed by atoms with Gasteiger partial charge in [-0.15, -0.1) is 0 Å². The zero-order valence-corrected chi connectivity index (χ0v) is 31.9. The summed E-state index contributed by atoms with van der Waals surface area (Å²) in [6, 6.07) is 4.06. The van der Waals surface area contributed by atoms with Crippen LogP contribution in [0.2, 0.25) is 0 Å². The van der Waals surface area contributed by atoms with Crippen LogP contribution in [0.1, 0.15) is 66.3 Å². The first-order valence-corrected chi connectivity index (χ1v) is 17.0. The highest BCUT2D eigenvalue weighted by molar-refractivity contribution is 9.11. The van der Waals surface area contributed by atoms with Crippen LogP contribution < -0.4 is 16.4 Å². The van der Waals surface area contributed by atoms with E-state index in [0.29, 0.717) is 43.4 Å². The van der Waals surface area contributed by atoms with Crippen LogP contribution in [0.25, 0.3) is 11.3 Å². The maximum absolute atomic E-state index is 14.1. The Morgan fingerprint density at radius 2 is 1.28 bits per heavy atom. The number of aromatic nitrogens is 5. The Morgan fingerprint density at radius 3 is 1.70 bits per heavy atom. The van der Waals surface area contributed by atoms with E-state index >= 15 is 0 Å². The molecule has 15 heteroatoms. The van der Waals surface area contributed by atoms with E-state index in [1.165, 1.54) is 28.8 Å². The van der Waals surface area contributed by atoms with E-state index in [2.05, 4.69) is 108 Å². The van der Waals surface area contributed by atoms with Gasteiger partial charge in [0.25, 0.3) is 0 Å². The number of rotatable bonds is 7. The van der Waals surface area contributed by atoms with Gasteiger partial charge in [-0.2, -0.15) is 0 Å². The number of fused-ring (bicyclic) bond motifs is 2. The average molecular weight is 847 g/mol. The second-order valence-electron chi connectivity index (χ2n) is 12.5. The molecule has 0 saturated heterocycles. The van der Waals surface area contributed by atoms with Crippen molar-refractivity contribution in [2.45, 2.75) is 73.3 Å². The molecule has 5 rings (SSSR count). The van der Waals surface area contributed by atoms with Gasteiger partial charge in [0.1, 0.15) is 11.6 Å². The second kappa shape index (κ2) is 15.8. The van der Waals surface area contributed by atoms with Gasteiger partial charge in [0.15, 0.2) is 34.6 Å². The SMILES string of the molecule is CCc1nc2c(F)cc(Br)cn2c1NC(C)(C)CC(C)(C)C.CCc1nc2c(F)cc(Br)cn2c1NC=O.Nc1ncc(Br)cc1F. The largest absolute Gasteiger partial charge is 0.381 e. The molecule has 0 unspecified atom stereocenters. The van der Waals surface area contributed by atoms with Crippen molar-refractivity contribution >= 4 is 82.9 Å². The summed E-state index contributed by atoms with van der Waals surface area (Å²) in [5, 5.41) is 6.12. The number of nitrogens with one attached hydrogen (secondary N) is 2. The molecule has 0 bridgehead atoms. The molecule has 9 nitrogen and oxygen atoms in total. The molecule has 0 spiro atoms. The lowest BCUT2D eigenvalue weighted by Crippen LogP contribution is -2.36. The third-order valence-electron chi connectivity index (χ3n) is 6.56. The predicted molar refractivity (Wildman–Crippen MR) is 192 cm³/mol. The molecule has 47 heavy (non-hydrogen) atoms. The number of carbonyl (C=O) groups excluding carboxylic acids is 1. The van der Waals surface area contributed by atoms with E-state index < -0.39 is 11.6 Å². The number of hydrogen-bond donors (Lipinski definition) is 3. The molecule has 254 valence electrons. The Labute approximate surface area is 297 Å². The third kappa shape index (κ3) is 10.2. The van der Waals surface area contributed by atoms with Gasteiger partial charge in [0.2, 0.25) is 6.41 Å². The monoisotopic (exact) mass is 844 g/mol. The Bertz CT molecular complexity index is 1870. The van der Waals surface area contributed by atoms with Gasteiger partial charge < -0.3 is 16.4 Å². The fourth-order valence-corrected chi connectivity index (χ4v) is 6.30. The molecule has 0 aliphatic heterocycles. The van der Waals surface area contributed by atoms with Crippen LogP contribution in [0.3, 0.4) is 0 Å². The molecule has 0 aliphatic carbocycles. The van der Waals surface area contributed by atoms with Crippen molar-refractivity contribution in [2.24, 2.45) is 5.41 Å². The van der Waals surface area contributed by atoms with Crippen molar-refractivity contribution in [3.05, 3.63) is 79.0 Å². The zero-order chi connectivity index (χ0) is 35.3. The Balaban J connectivity index is 0.000000209. The lowest BCUT2D eigenvalue weighted by Gasteiger charge is -2.34. The smallest absolute Gasteiger partial charge is 0.212 e. The van der Waals surface area contributed by atoms with Gasteiger partial charge >= 0.3 is 0 Å². The molecule has 0 aromatic carbocycles. The van der Waals surface area contributed by atoms with E-state index in [4.69, 9.17) is 5.73 Å². The van der Waals surface area contributed by atoms with Gasteiger partial charge in [-0.25, -0.2) is 28.1 Å². The van der Waals surface area contributed by atoms with E-state index in [0.717, 1.165) is 24.4 Å². The summed E-state index contributed by atoms with van der Waals surface area (Å²) in [6.45, 7) is 14.9. The van der Waals surface area contributed by atoms with Crippen LogP contribution >= 0.6 is 47.8 Å². The fourth-order valence-electron chi connectivity index (χ4n) is 5.19. The number of pyridine rings is 3. The molecular weight excluding hydrogens is 809 g/mol. The molecule has 5 aromatic rings. The average Bonchev–Trinajstić information content (AvgIpc) is 3.48. The van der Waals surface area contributed by atoms with Crippen LogP contribution in [0, 0.1) is 22.9 Å². The standard InChI is InChI=1S/C17H25BrFN3.C10H9BrFN3O.C5H4BrFN2/c1-7-13-15(21-17(5,6)10-16(2,3)4)22-9-11(18)8-12(19)14(22)20-13;1-2-8-10(13-5-16)15-4-6(11)3-7(12)9(15)14-8;6-3-1-4(7)5(8)9-2-3/h8-9,21H,7,10H2,1-6H3;3-5H,2H2,1H3,(H,13,16);1-2H,(H2,8,9). The number of hydrogen-bond acceptors (Lipinski definition) is 6. The summed E-state index contributed by atoms with van der Waals surface area (Å²) in [7, 11) is 0. The molecule has 5 aromatic heterocycles. The van der Waals surface area contributed by atoms with Gasteiger partial charge in [-0.3, -0.25) is 13.6 Å². The number of amides is 1. The normalized spacial score (nSPS) is 11.5. The number of aryl methyl sites for hydroxylation is 2. The minimum Gasteiger partial charge on any atom is -0.381 e. The first-order valence-electron chi connectivity index (χ1n) is 14.7. The Kier molecular flexibility index (Phi) is 12.9. The summed E-state index contributed by atoms with van der Waals surface area (Å²) in [4.78, 5) is 22.6. The van der Waals surface area contributed by atoms with E-state index in [1.54, 1.807) is 6.20 Å². The Hall–Kier alpha value is -3.17. The van der Waals surface area contributed by atoms with Crippen molar-refractivity contribution in [1.82, 2.24) is 23.8 Å². The van der Waals surface area contributed by atoms with Gasteiger partial charge in [-0.05, 0) is 105 Å². The summed E-state index contributed by atoms with van der Waals surface area (Å²) in [5.41, 5.74) is 7.30. The highest BCUT2D eigenvalue weighted by Crippen LogP contribution is 2.32. The number of halogens is 6. The van der Waals surface area contributed by atoms with Crippen molar-refractivity contribution in [1.29, 1.82) is 0 Å². The molecule has 0 fully saturated rings. The quantitative estimate of drug-likeness (QED) is 0.141. The summed E-state index contributed by atoms with van der Waals surface area (Å²) in [5.74, 6) is 0.0796. The molecule has 1 amide bonds. The van der Waals surface area contributed by atoms with Crippen molar-refractivity contribution in [3.8, 4) is 0 Å². The maximum atomic E-state index is 14.1. The predicted octanol–water partition coefficient (Wildman–Crippen LogP) is 9.36. The number of nitrogens with zero attached hydrogens (tertiary/aromatic N) is 5. The second-order valence-corrected chi connectivity index (χ2v) is 15.2. The van der Waals surface area contributed by atoms with Crippen LogP contribution in [0.15, 0.2) is 50.2 Å². The van der Waals surface area contributed by atoms with Crippen molar-refractivity contribution in [2.75, 3.05) is 16.4 Å². The molecule has 5 heterocycles. The number of nitrogen functional groups attached to an aromatic ring is 1. The minimum absolute atomic E-state index is 0.0711. The number of carbonyl (C=O) groups is 1. The lowest BCUT2D eigenvalue weighted by molar-refractivity contribution is -0.105. The van der Waals surface area contributed by atoms with Crippen molar-refractivity contribution < 1.29 is 18.0 Å². The summed E-state index contributed by atoms with van der Waals surface area (Å²) < 4.78 is 45.3. The molecule has 0 saturated carbocycles. The highest BCUT2D eigenvalue weighted by atomic mass is 79.9. The topological polar surface area (TPSA) is 115 Å². The van der Waals surface area contributed by atoms with E-state index in [1.807, 2.05) is 24.4 Å². The molecule has 0 atom stereocenters. The lowest BCUT2D eigenvalue weighted by atomic mass is 9.82. The van der Waals surface area contributed by atoms with Gasteiger partial charge in [0, 0.05) is 37.5 Å². The van der Waals surface area contributed by atoms with Crippen LogP contribution in [-0.2, 0) is 17.6 Å². The number of imidazole rings is 2. The third-order valence-corrected chi connectivity index (χ3v) is 7.86. The maximum Gasteiger partial charge on any atom is 0.212 e. The number of anilines is 3. The zero-order valence-electron chi connectivity index (χ0n) is 27.2.